The van der Waals surface area contributed by atoms with Crippen LogP contribution in [0.4, 0.5) is 5.82 Å². The minimum Gasteiger partial charge on any atom is -0.489 e. The van der Waals surface area contributed by atoms with Crippen LogP contribution in [-0.4, -0.2) is 180 Å². The van der Waals surface area contributed by atoms with E-state index in [4.69, 9.17) is 21.1 Å². The number of pyridine rings is 1. The average Bonchev–Trinajstić information content (AvgIpc) is 4.06. The van der Waals surface area contributed by atoms with Crippen molar-refractivity contribution in [1.82, 2.24) is 45.5 Å². The molecular weight excluding hydrogens is 1030 g/mol. The molecule has 20 heteroatoms. The fourth-order valence-electron chi connectivity index (χ4n) is 11.8. The van der Waals surface area contributed by atoms with Gasteiger partial charge >= 0.3 is 0 Å². The monoisotopic (exact) mass is 1110 g/mol. The maximum atomic E-state index is 14.3. The lowest BCUT2D eigenvalue weighted by molar-refractivity contribution is -0.164. The molecule has 4 N–H and O–H groups in total. The first-order valence-electron chi connectivity index (χ1n) is 27.2. The van der Waals surface area contributed by atoms with Crippen molar-refractivity contribution in [2.24, 2.45) is 16.2 Å². The Morgan fingerprint density at radius 2 is 1.53 bits per heavy atom. The lowest BCUT2D eigenvalue weighted by Crippen LogP contribution is -2.74. The number of β-amino-alcohol motifs (C(OH)–C–C–N with tert-alkyl or cyclic N) is 1. The summed E-state index contributed by atoms with van der Waals surface area (Å²) in [6, 6.07) is 16.6. The maximum Gasteiger partial charge on any atom is 0.253 e. The summed E-state index contributed by atoms with van der Waals surface area (Å²) in [5, 5.41) is 29.6. The lowest BCUT2D eigenvalue weighted by Gasteiger charge is -2.63. The molecule has 0 radical (unpaired) electrons. The number of benzene rings is 2. The van der Waals surface area contributed by atoms with Gasteiger partial charge in [0, 0.05) is 108 Å². The second-order valence-corrected chi connectivity index (χ2v) is 24.9. The summed E-state index contributed by atoms with van der Waals surface area (Å²) in [4.78, 5) is 75.7. The van der Waals surface area contributed by atoms with E-state index in [9.17, 15) is 29.5 Å². The van der Waals surface area contributed by atoms with E-state index in [1.54, 1.807) is 35.7 Å². The van der Waals surface area contributed by atoms with Crippen molar-refractivity contribution < 1.29 is 33.8 Å². The molecule has 4 aromatic rings. The number of aliphatic hydroxyl groups is 1. The normalized spacial score (nSPS) is 22.4. The molecule has 4 fully saturated rings. The summed E-state index contributed by atoms with van der Waals surface area (Å²) in [5.74, 6) is 0.271. The first kappa shape index (κ1) is 58.4. The number of hydrogen-bond donors (Lipinski definition) is 4. The number of carbonyl (C=O) groups excluding carboxylic acids is 4. The molecule has 2 aromatic carbocycles. The molecule has 0 spiro atoms. The molecule has 3 saturated heterocycles. The van der Waals surface area contributed by atoms with Crippen LogP contribution in [-0.2, 0) is 19.1 Å². The standard InChI is InChI=1S/C58H78ClN11O7S/c1-37(39-10-12-40(13-11-39)49-38(2)62-36-78-49)63-52(74)46-30-43(71)34-70(46)53(75)50(56(3,4)5)64-48(72)35-68-20-18-66(19-21-68)26-28-76-29-27-67-22-24-69(25-23-67)47-17-15-42(33-61-47)51(73)65-54-57(6,7)55(58(54,8)9)77-44-16-14-41(32-60)45(59)31-44/h10-17,31,33,36-37,43,46,50,54-55,71H,18-30,34-35H2,1-9H3,(H,63,74)(H,64,72)(H,65,73)/t37-,43+,46-,50+,54-,55-/m0/s1. The average molecular weight is 1110 g/mol. The molecule has 1 aliphatic carbocycles. The summed E-state index contributed by atoms with van der Waals surface area (Å²) < 4.78 is 12.5. The number of aromatic nitrogens is 2. The second kappa shape index (κ2) is 24.7. The van der Waals surface area contributed by atoms with E-state index < -0.39 is 23.6 Å². The fraction of sp³-hybridized carbons (Fsp3) is 0.569. The Kier molecular flexibility index (Phi) is 18.5. The second-order valence-electron chi connectivity index (χ2n) is 23.6. The van der Waals surface area contributed by atoms with Crippen molar-refractivity contribution >= 4 is 52.4 Å². The van der Waals surface area contributed by atoms with E-state index in [0.717, 1.165) is 79.9 Å². The number of piperazine rings is 2. The number of ether oxygens (including phenoxy) is 2. The largest absolute Gasteiger partial charge is 0.489 e. The van der Waals surface area contributed by atoms with Gasteiger partial charge in [-0.05, 0) is 54.7 Å². The number of aliphatic hydroxyl groups excluding tert-OH is 1. The van der Waals surface area contributed by atoms with Crippen LogP contribution in [0.25, 0.3) is 10.4 Å². The predicted octanol–water partition coefficient (Wildman–Crippen LogP) is 5.78. The molecule has 420 valence electrons. The quantitative estimate of drug-likeness (QED) is 0.0822. The molecule has 0 bridgehead atoms. The Balaban J connectivity index is 0.702. The first-order valence-corrected chi connectivity index (χ1v) is 28.5. The molecule has 3 aliphatic heterocycles. The molecule has 78 heavy (non-hydrogen) atoms. The number of nitriles is 1. The van der Waals surface area contributed by atoms with Crippen LogP contribution in [0.3, 0.4) is 0 Å². The SMILES string of the molecule is Cc1ncsc1-c1ccc([C@H](C)NC(=O)[C@@H]2C[C@@H](O)CN2C(=O)[C@@H](NC(=O)CN2CCN(CCOCCN3CCN(c4ccc(C(=O)N[C@H]5C(C)(C)[C@H](Oc6ccc(C#N)c(Cl)c6)C5(C)C)cn4)CC3)CC2)C(C)(C)C)cc1. The molecule has 5 heterocycles. The van der Waals surface area contributed by atoms with Gasteiger partial charge in [-0.2, -0.15) is 5.26 Å². The van der Waals surface area contributed by atoms with Gasteiger partial charge in [-0.1, -0.05) is 84.3 Å². The third-order valence-corrected chi connectivity index (χ3v) is 17.4. The zero-order valence-corrected chi connectivity index (χ0v) is 48.3. The molecule has 0 unspecified atom stereocenters. The number of amides is 4. The van der Waals surface area contributed by atoms with Crippen molar-refractivity contribution in [3.05, 3.63) is 93.7 Å². The van der Waals surface area contributed by atoms with Crippen LogP contribution in [0.5, 0.6) is 5.75 Å². The van der Waals surface area contributed by atoms with Gasteiger partial charge in [-0.15, -0.1) is 11.3 Å². The molecule has 4 aliphatic rings. The van der Waals surface area contributed by atoms with Crippen molar-refractivity contribution in [1.29, 1.82) is 5.26 Å². The van der Waals surface area contributed by atoms with E-state index >= 15 is 0 Å². The highest BCUT2D eigenvalue weighted by Gasteiger charge is 2.64. The molecule has 1 saturated carbocycles. The van der Waals surface area contributed by atoms with E-state index in [0.29, 0.717) is 48.2 Å². The molecule has 18 nitrogen and oxygen atoms in total. The topological polar surface area (TPSA) is 209 Å². The van der Waals surface area contributed by atoms with Gasteiger partial charge in [-0.3, -0.25) is 33.9 Å². The van der Waals surface area contributed by atoms with Crippen molar-refractivity contribution in [3.63, 3.8) is 0 Å². The number of rotatable bonds is 19. The fourth-order valence-corrected chi connectivity index (χ4v) is 12.8. The number of halogens is 1. The number of likely N-dealkylation sites (tertiary alicyclic amines) is 1. The minimum atomic E-state index is -0.898. The summed E-state index contributed by atoms with van der Waals surface area (Å²) >= 11 is 7.85. The minimum absolute atomic E-state index is 0.0124. The van der Waals surface area contributed by atoms with Crippen LogP contribution in [0.2, 0.25) is 5.02 Å². The third-order valence-electron chi connectivity index (χ3n) is 16.1. The molecular formula is C58H78ClN11O7S. The predicted molar refractivity (Wildman–Crippen MR) is 302 cm³/mol. The van der Waals surface area contributed by atoms with Gasteiger partial charge < -0.3 is 40.3 Å². The Hall–Kier alpha value is -5.72. The summed E-state index contributed by atoms with van der Waals surface area (Å²) in [6.45, 7) is 27.3. The van der Waals surface area contributed by atoms with Gasteiger partial charge in [0.2, 0.25) is 17.7 Å². The Morgan fingerprint density at radius 3 is 2.10 bits per heavy atom. The molecule has 4 atom stereocenters. The van der Waals surface area contributed by atoms with Crippen LogP contribution >= 0.6 is 22.9 Å². The Labute approximate surface area is 468 Å². The number of thiazole rings is 1. The maximum absolute atomic E-state index is 14.3. The van der Waals surface area contributed by atoms with Crippen LogP contribution in [0.1, 0.15) is 95.0 Å². The van der Waals surface area contributed by atoms with E-state index in [1.165, 1.54) is 4.90 Å². The van der Waals surface area contributed by atoms with Gasteiger partial charge in [0.1, 0.15) is 35.8 Å². The van der Waals surface area contributed by atoms with E-state index in [2.05, 4.69) is 79.3 Å². The number of nitrogens with one attached hydrogen (secondary N) is 3. The summed E-state index contributed by atoms with van der Waals surface area (Å²) in [5.41, 5.74) is 4.25. The molecule has 4 amide bonds. The number of anilines is 1. The number of hydrogen-bond acceptors (Lipinski definition) is 15. The third kappa shape index (κ3) is 13.6. The first-order chi connectivity index (χ1) is 37.0. The van der Waals surface area contributed by atoms with E-state index in [-0.39, 0.29) is 72.2 Å². The van der Waals surface area contributed by atoms with Gasteiger partial charge in [0.25, 0.3) is 5.91 Å². The van der Waals surface area contributed by atoms with Crippen LogP contribution in [0, 0.1) is 34.5 Å². The summed E-state index contributed by atoms with van der Waals surface area (Å²) in [7, 11) is 0. The van der Waals surface area contributed by atoms with Gasteiger partial charge in [0.15, 0.2) is 0 Å². The Morgan fingerprint density at radius 1 is 0.885 bits per heavy atom. The van der Waals surface area contributed by atoms with Gasteiger partial charge in [0.05, 0.1) is 64.1 Å². The zero-order valence-electron chi connectivity index (χ0n) is 46.7. The smallest absolute Gasteiger partial charge is 0.253 e. The number of nitrogens with zero attached hydrogens (tertiary/aromatic N) is 8. The highest BCUT2D eigenvalue weighted by molar-refractivity contribution is 7.13. The number of carbonyl (C=O) groups is 4. The van der Waals surface area contributed by atoms with E-state index in [1.807, 2.05) is 76.5 Å². The summed E-state index contributed by atoms with van der Waals surface area (Å²) in [6.07, 6.45) is 0.709. The number of aryl methyl sites for hydroxylation is 1. The van der Waals surface area contributed by atoms with Gasteiger partial charge in [-0.25, -0.2) is 9.97 Å². The van der Waals surface area contributed by atoms with Crippen molar-refractivity contribution in [2.75, 3.05) is 96.7 Å². The van der Waals surface area contributed by atoms with Crippen LogP contribution < -0.4 is 25.6 Å². The van der Waals surface area contributed by atoms with Crippen molar-refractivity contribution in [3.8, 4) is 22.3 Å². The highest BCUT2D eigenvalue weighted by Crippen LogP contribution is 2.55. The van der Waals surface area contributed by atoms with Crippen LogP contribution in [0.15, 0.2) is 66.3 Å². The Bertz CT molecular complexity index is 2770. The molecule has 2 aromatic heterocycles. The zero-order chi connectivity index (χ0) is 56.1. The lowest BCUT2D eigenvalue weighted by atomic mass is 9.49. The van der Waals surface area contributed by atoms with Crippen molar-refractivity contribution in [2.45, 2.75) is 105 Å². The highest BCUT2D eigenvalue weighted by atomic mass is 35.5. The molecule has 8 rings (SSSR count).